The molecule has 0 saturated carbocycles. The number of nitrogens with zero attached hydrogens (tertiary/aromatic N) is 9. The second-order valence-corrected chi connectivity index (χ2v) is 26.3. The third-order valence-corrected chi connectivity index (χ3v) is 16.9. The van der Waals surface area contributed by atoms with Gasteiger partial charge < -0.3 is 4.42 Å². The van der Waals surface area contributed by atoms with Crippen molar-refractivity contribution in [1.29, 1.82) is 0 Å². The summed E-state index contributed by atoms with van der Waals surface area (Å²) in [5, 5.41) is 2.12. The van der Waals surface area contributed by atoms with Gasteiger partial charge in [-0.1, -0.05) is 148 Å². The van der Waals surface area contributed by atoms with Gasteiger partial charge in [0.2, 0.25) is 17.5 Å². The molecule has 10 rings (SSSR count). The van der Waals surface area contributed by atoms with Gasteiger partial charge in [0, 0.05) is 107 Å². The number of rotatable bonds is 7. The van der Waals surface area contributed by atoms with Crippen molar-refractivity contribution in [2.24, 2.45) is 49.3 Å². The summed E-state index contributed by atoms with van der Waals surface area (Å²) in [7, 11) is 14.4. The van der Waals surface area contributed by atoms with Crippen molar-refractivity contribution >= 4 is 11.3 Å². The number of aromatic nitrogens is 9. The number of aryl methyl sites for hydroxylation is 14. The van der Waals surface area contributed by atoms with Crippen LogP contribution in [0.25, 0.3) is 22.8 Å². The monoisotopic (exact) mass is 1200 g/mol. The number of pyridine rings is 3. The van der Waals surface area contributed by atoms with E-state index in [1.807, 2.05) is 51.0 Å². The van der Waals surface area contributed by atoms with Gasteiger partial charge in [-0.05, 0) is 59.3 Å². The van der Waals surface area contributed by atoms with E-state index in [-0.39, 0.29) is 5.41 Å². The number of imidazole rings is 2. The number of thiazole rings is 1. The van der Waals surface area contributed by atoms with Crippen molar-refractivity contribution in [1.82, 2.24) is 9.13 Å². The van der Waals surface area contributed by atoms with E-state index in [2.05, 4.69) is 328 Å². The fourth-order valence-electron chi connectivity index (χ4n) is 9.44. The number of para-hydroxylation sites is 2. The molecule has 0 aliphatic carbocycles. The summed E-state index contributed by atoms with van der Waals surface area (Å²) < 4.78 is 24.3. The first-order valence-electron chi connectivity index (χ1n) is 30.9. The normalized spacial score (nSPS) is 10.8. The average molecular weight is 1200 g/mol. The third kappa shape index (κ3) is 21.0. The molecule has 0 aliphatic rings. The molecule has 11 heteroatoms. The minimum absolute atomic E-state index is 0.263. The molecule has 10 aromatic rings. The Balaban J connectivity index is 0.000000231. The number of hydrogen-bond donors (Lipinski definition) is 0. The molecule has 0 radical (unpaired) electrons. The van der Waals surface area contributed by atoms with E-state index >= 15 is 0 Å². The van der Waals surface area contributed by atoms with Gasteiger partial charge in [-0.2, -0.15) is 13.7 Å². The zero-order valence-corrected chi connectivity index (χ0v) is 59.1. The molecule has 0 aliphatic heterocycles. The Kier molecular flexibility index (Phi) is 27.7. The highest BCUT2D eigenvalue weighted by Crippen LogP contribution is 2.31. The van der Waals surface area contributed by atoms with E-state index in [1.165, 1.54) is 90.3 Å². The predicted octanol–water partition coefficient (Wildman–Crippen LogP) is 14.7. The molecule has 0 atom stereocenters. The second kappa shape index (κ2) is 33.5. The quantitative estimate of drug-likeness (QED) is 0.147. The van der Waals surface area contributed by atoms with E-state index in [0.717, 1.165) is 5.69 Å². The Bertz CT molecular complexity index is 3550. The lowest BCUT2D eigenvalue weighted by molar-refractivity contribution is -0.680. The Morgan fingerprint density at radius 3 is 1.33 bits per heavy atom. The van der Waals surface area contributed by atoms with Gasteiger partial charge in [0.1, 0.15) is 70.4 Å². The van der Waals surface area contributed by atoms with Gasteiger partial charge in [0.15, 0.2) is 47.6 Å². The number of oxazole rings is 1. The van der Waals surface area contributed by atoms with Crippen molar-refractivity contribution in [2.45, 2.75) is 161 Å². The SMILES string of the molecule is Cc1c[n+](-c2c(C(C)C)cccc2C(C)C)c(-c2ccccc2)n1C.Cc1c[n+](-c2c(C(C)C)cccc2C(C)C)cn1C.Cc1cc(C(C)(C)C)cc[n+]1C.Cc1cc[n+](C)c(C)c1.Cc1cccc[n+]1C.Cc1coc[n+]1C.Cc1csc[n+]1C. The molecule has 0 unspecified atom stereocenters. The zero-order chi connectivity index (χ0) is 65.0. The zero-order valence-electron chi connectivity index (χ0n) is 58.3. The molecule has 87 heavy (non-hydrogen) atoms. The second-order valence-electron chi connectivity index (χ2n) is 25.5. The highest BCUT2D eigenvalue weighted by atomic mass is 32.1. The maximum absolute atomic E-state index is 4.81. The molecule has 3 aromatic carbocycles. The Labute approximate surface area is 530 Å². The Morgan fingerprint density at radius 2 is 0.977 bits per heavy atom. The molecule has 0 N–H and O–H groups in total. The summed E-state index contributed by atoms with van der Waals surface area (Å²) in [5.74, 6) is 3.24. The minimum atomic E-state index is 0.263. The molecule has 0 bridgehead atoms. The van der Waals surface area contributed by atoms with Gasteiger partial charge in [0.25, 0.3) is 5.82 Å². The first-order chi connectivity index (χ1) is 40.8. The lowest BCUT2D eigenvalue weighted by Crippen LogP contribution is -2.35. The van der Waals surface area contributed by atoms with Crippen LogP contribution >= 0.6 is 11.3 Å². The van der Waals surface area contributed by atoms with Crippen molar-refractivity contribution < 1.29 is 36.4 Å². The van der Waals surface area contributed by atoms with E-state index in [0.29, 0.717) is 23.7 Å². The van der Waals surface area contributed by atoms with Crippen LogP contribution in [0, 0.1) is 55.4 Å². The molecular formula is C76H110N9OS+7. The topological polar surface area (TPSA) is 50.2 Å². The Morgan fingerprint density at radius 1 is 0.471 bits per heavy atom. The fraction of sp³-hybridized carbons (Fsp3) is 0.408. The first-order valence-corrected chi connectivity index (χ1v) is 31.8. The smallest absolute Gasteiger partial charge is 0.334 e. The molecule has 0 fully saturated rings. The van der Waals surface area contributed by atoms with Crippen LogP contribution in [0.5, 0.6) is 0 Å². The van der Waals surface area contributed by atoms with Crippen LogP contribution in [0.3, 0.4) is 0 Å². The first kappa shape index (κ1) is 71.8. The van der Waals surface area contributed by atoms with Crippen LogP contribution in [0.4, 0.5) is 0 Å². The van der Waals surface area contributed by atoms with Crippen molar-refractivity contribution in [2.75, 3.05) is 0 Å². The van der Waals surface area contributed by atoms with Gasteiger partial charge in [0.05, 0.1) is 25.0 Å². The Hall–Kier alpha value is -7.63. The van der Waals surface area contributed by atoms with Gasteiger partial charge in [-0.3, -0.25) is 0 Å². The molecule has 464 valence electrons. The lowest BCUT2D eigenvalue weighted by atomic mass is 9.87. The molecule has 0 amide bonds. The molecule has 7 heterocycles. The highest BCUT2D eigenvalue weighted by molar-refractivity contribution is 7.07. The van der Waals surface area contributed by atoms with Crippen LogP contribution in [0.2, 0.25) is 0 Å². The van der Waals surface area contributed by atoms with Crippen LogP contribution < -0.4 is 32.0 Å². The summed E-state index contributed by atoms with van der Waals surface area (Å²) in [6, 6.07) is 39.0. The third-order valence-electron chi connectivity index (χ3n) is 15.9. The minimum Gasteiger partial charge on any atom is -0.412 e. The summed E-state index contributed by atoms with van der Waals surface area (Å²) in [5.41, 5.74) is 23.5. The van der Waals surface area contributed by atoms with E-state index in [9.17, 15) is 0 Å². The number of benzene rings is 3. The highest BCUT2D eigenvalue weighted by Gasteiger charge is 2.28. The van der Waals surface area contributed by atoms with Gasteiger partial charge in [-0.15, -0.1) is 0 Å². The van der Waals surface area contributed by atoms with E-state index in [1.54, 1.807) is 24.0 Å². The molecule has 10 nitrogen and oxygen atoms in total. The van der Waals surface area contributed by atoms with Gasteiger partial charge >= 0.3 is 6.39 Å². The van der Waals surface area contributed by atoms with E-state index in [4.69, 9.17) is 4.42 Å². The van der Waals surface area contributed by atoms with Gasteiger partial charge in [-0.25, -0.2) is 27.4 Å². The largest absolute Gasteiger partial charge is 0.412 e. The summed E-state index contributed by atoms with van der Waals surface area (Å²) >= 11 is 1.73. The molecule has 0 saturated heterocycles. The predicted molar refractivity (Wildman–Crippen MR) is 361 cm³/mol. The van der Waals surface area contributed by atoms with Crippen LogP contribution in [-0.4, -0.2) is 9.13 Å². The fourth-order valence-corrected chi connectivity index (χ4v) is 10.2. The van der Waals surface area contributed by atoms with Crippen LogP contribution in [0.1, 0.15) is 173 Å². The number of hydrogen-bond acceptors (Lipinski definition) is 2. The maximum Gasteiger partial charge on any atom is 0.334 e. The summed E-state index contributed by atoms with van der Waals surface area (Å²) in [6.45, 7) is 41.7. The van der Waals surface area contributed by atoms with Crippen molar-refractivity contribution in [3.8, 4) is 22.8 Å². The maximum atomic E-state index is 4.81. The summed E-state index contributed by atoms with van der Waals surface area (Å²) in [6.07, 6.45) is 16.3. The molecule has 7 aromatic heterocycles. The van der Waals surface area contributed by atoms with Crippen molar-refractivity contribution in [3.63, 3.8) is 0 Å². The summed E-state index contributed by atoms with van der Waals surface area (Å²) in [4.78, 5) is 0. The van der Waals surface area contributed by atoms with Crippen LogP contribution in [0.15, 0.2) is 174 Å². The average Bonchev–Trinajstić information content (AvgIpc) is 1.85. The van der Waals surface area contributed by atoms with Crippen LogP contribution in [-0.2, 0) is 54.7 Å². The van der Waals surface area contributed by atoms with Crippen molar-refractivity contribution in [3.05, 3.63) is 243 Å². The standard InChI is InChI=1S/C23H29N2.C17H25N2.C11H18N.C8H12N.C7H10N.C5H8NO.C5H8NS/c1-16(2)20-13-10-14-21(17(3)4)22(20)25-15-18(5)24(6)23(25)19-11-8-7-9-12-19;1-12(2)15-8-7-9-16(13(3)4)17(15)19-10-14(5)18(6)11-19;1-9-8-10(11(2,3)4)6-7-12(9)5;1-7-4-5-9(3)8(2)6-7;1-7-5-3-4-6-8(7)2;2*1-5-3-7-4-6(5)2/h7-17H,1-6H3;7-13H,1-6H3;6-8H,1-5H3;4-6H,1-3H3;3-6H,1-2H3;2*3-4H,1-2H3/q7*+1. The van der Waals surface area contributed by atoms with E-state index < -0.39 is 0 Å². The molecule has 0 spiro atoms. The lowest BCUT2D eigenvalue weighted by Gasteiger charge is -2.18. The molecular weight excluding hydrogens is 1090 g/mol.